The predicted octanol–water partition coefficient (Wildman–Crippen LogP) is 2.07. The Bertz CT molecular complexity index is 1530. The van der Waals surface area contributed by atoms with Crippen molar-refractivity contribution in [1.82, 2.24) is 14.8 Å². The molecular formula is C27H28F3N3O3. The van der Waals surface area contributed by atoms with E-state index in [-0.39, 0.29) is 5.43 Å². The van der Waals surface area contributed by atoms with Gasteiger partial charge < -0.3 is 14.1 Å². The van der Waals surface area contributed by atoms with E-state index in [2.05, 4.69) is 0 Å². The second-order valence-corrected chi connectivity index (χ2v) is 9.37. The van der Waals surface area contributed by atoms with Crippen molar-refractivity contribution < 1.29 is 22.3 Å². The van der Waals surface area contributed by atoms with E-state index in [0.717, 1.165) is 17.0 Å². The summed E-state index contributed by atoms with van der Waals surface area (Å²) in [5.74, 6) is 0. The molecule has 36 heavy (non-hydrogen) atoms. The van der Waals surface area contributed by atoms with Crippen molar-refractivity contribution in [3.05, 3.63) is 84.5 Å². The standard InChI is InChI=1S/C27H28F3N3O3/c1-16-17(2)25(34)23(26-24(16)31-20-6-4-5-7-21(20)36-26)19-9-8-18(14-22(19)35-3)33-12-10-32(11-13-33)15-27(28,29)30/h4-5,7-9,14,22H,6,10-13,15H2,1-3H3. The van der Waals surface area contributed by atoms with Crippen LogP contribution < -0.4 is 16.1 Å². The van der Waals surface area contributed by atoms with Gasteiger partial charge in [0.05, 0.1) is 17.5 Å². The van der Waals surface area contributed by atoms with Gasteiger partial charge in [-0.1, -0.05) is 18.2 Å². The highest BCUT2D eigenvalue weighted by Crippen LogP contribution is 2.24. The molecule has 9 heteroatoms. The number of hydrogen-bond donors (Lipinski definition) is 0. The summed E-state index contributed by atoms with van der Waals surface area (Å²) in [5.41, 5.74) is 4.72. The zero-order chi connectivity index (χ0) is 25.6. The minimum atomic E-state index is -4.20. The number of fused-ring (bicyclic) bond motifs is 1. The van der Waals surface area contributed by atoms with Crippen LogP contribution in [0.5, 0.6) is 0 Å². The monoisotopic (exact) mass is 499 g/mol. The zero-order valence-electron chi connectivity index (χ0n) is 20.5. The summed E-state index contributed by atoms with van der Waals surface area (Å²) < 4.78 is 50.3. The topological polar surface area (TPSA) is 58.8 Å². The second-order valence-electron chi connectivity index (χ2n) is 9.37. The first kappa shape index (κ1) is 24.5. The van der Waals surface area contributed by atoms with E-state index in [9.17, 15) is 18.0 Å². The van der Waals surface area contributed by atoms with Crippen LogP contribution in [0.1, 0.15) is 16.8 Å². The van der Waals surface area contributed by atoms with E-state index in [1.54, 1.807) is 14.0 Å². The van der Waals surface area contributed by atoms with E-state index >= 15 is 0 Å². The van der Waals surface area contributed by atoms with Gasteiger partial charge in [0.15, 0.2) is 10.8 Å². The SMILES string of the molecule is COC1C=C(N2CCN(CC(F)(F)F)CC2)C=CC1=c1c2oc3c(nc=2c(C)c(C)c1=O)CC=CC=3. The number of nitrogens with zero attached hydrogens (tertiary/aromatic N) is 3. The molecular weight excluding hydrogens is 471 g/mol. The van der Waals surface area contributed by atoms with Gasteiger partial charge in [-0.05, 0) is 43.2 Å². The first-order valence-corrected chi connectivity index (χ1v) is 12.0. The zero-order valence-corrected chi connectivity index (χ0v) is 20.5. The van der Waals surface area contributed by atoms with Gasteiger partial charge in [-0.25, -0.2) is 4.98 Å². The number of alkyl halides is 3. The van der Waals surface area contributed by atoms with Crippen LogP contribution >= 0.6 is 0 Å². The Morgan fingerprint density at radius 2 is 1.89 bits per heavy atom. The van der Waals surface area contributed by atoms with Crippen LogP contribution in [-0.4, -0.2) is 66.9 Å². The summed E-state index contributed by atoms with van der Waals surface area (Å²) in [7, 11) is 1.57. The van der Waals surface area contributed by atoms with E-state index in [1.807, 2.05) is 48.3 Å². The number of piperazine rings is 1. The lowest BCUT2D eigenvalue weighted by Crippen LogP contribution is -2.48. The fourth-order valence-corrected chi connectivity index (χ4v) is 5.01. The number of ether oxygens (including phenoxy) is 1. The Morgan fingerprint density at radius 3 is 2.58 bits per heavy atom. The highest BCUT2D eigenvalue weighted by atomic mass is 19.4. The first-order chi connectivity index (χ1) is 17.2. The molecule has 1 atom stereocenters. The first-order valence-electron chi connectivity index (χ1n) is 12.0. The Balaban J connectivity index is 1.58. The minimum absolute atomic E-state index is 0.129. The Labute approximate surface area is 206 Å². The van der Waals surface area contributed by atoms with Gasteiger partial charge in [0.25, 0.3) is 0 Å². The third-order valence-corrected chi connectivity index (χ3v) is 7.11. The average molecular weight is 500 g/mol. The predicted molar refractivity (Wildman–Crippen MR) is 130 cm³/mol. The summed E-state index contributed by atoms with van der Waals surface area (Å²) >= 11 is 0. The van der Waals surface area contributed by atoms with Gasteiger partial charge >= 0.3 is 6.18 Å². The molecule has 0 radical (unpaired) electrons. The summed E-state index contributed by atoms with van der Waals surface area (Å²) in [6, 6.07) is 0. The molecule has 0 aromatic rings. The summed E-state index contributed by atoms with van der Waals surface area (Å²) in [5, 5.41) is 1.09. The largest absolute Gasteiger partial charge is 0.452 e. The van der Waals surface area contributed by atoms with Crippen LogP contribution in [0.4, 0.5) is 13.2 Å². The maximum Gasteiger partial charge on any atom is 0.401 e. The molecule has 0 N–H and O–H groups in total. The smallest absolute Gasteiger partial charge is 0.401 e. The van der Waals surface area contributed by atoms with Crippen molar-refractivity contribution in [2.24, 2.45) is 0 Å². The van der Waals surface area contributed by atoms with E-state index in [4.69, 9.17) is 14.1 Å². The third kappa shape index (κ3) is 4.53. The van der Waals surface area contributed by atoms with Crippen molar-refractivity contribution in [3.63, 3.8) is 0 Å². The lowest BCUT2D eigenvalue weighted by Gasteiger charge is -2.38. The van der Waals surface area contributed by atoms with Gasteiger partial charge in [-0.2, -0.15) is 13.2 Å². The number of aromatic nitrogens is 1. The Morgan fingerprint density at radius 1 is 1.14 bits per heavy atom. The second kappa shape index (κ2) is 9.37. The normalized spacial score (nSPS) is 22.0. The summed E-state index contributed by atoms with van der Waals surface area (Å²) in [4.78, 5) is 21.8. The molecule has 0 saturated carbocycles. The Kier molecular flexibility index (Phi) is 6.38. The molecule has 0 amide bonds. The maximum atomic E-state index is 13.5. The maximum absolute atomic E-state index is 13.5. The van der Waals surface area contributed by atoms with E-state index in [1.165, 1.54) is 4.90 Å². The number of allylic oxidation sites excluding steroid dienone is 3. The number of hydrogen-bond acceptors (Lipinski definition) is 6. The number of rotatable bonds is 3. The van der Waals surface area contributed by atoms with Crippen molar-refractivity contribution in [3.8, 4) is 0 Å². The fourth-order valence-electron chi connectivity index (χ4n) is 5.01. The van der Waals surface area contributed by atoms with Crippen LogP contribution in [0.2, 0.25) is 0 Å². The van der Waals surface area contributed by atoms with Crippen LogP contribution in [0, 0.1) is 24.6 Å². The molecule has 190 valence electrons. The van der Waals surface area contributed by atoms with Crippen LogP contribution in [0.25, 0.3) is 11.6 Å². The molecule has 3 aliphatic carbocycles. The third-order valence-electron chi connectivity index (χ3n) is 7.11. The van der Waals surface area contributed by atoms with Crippen LogP contribution in [0.3, 0.4) is 0 Å². The van der Waals surface area contributed by atoms with Gasteiger partial charge in [0.1, 0.15) is 16.9 Å². The molecule has 0 aromatic carbocycles. The number of methoxy groups -OCH3 is 1. The van der Waals surface area contributed by atoms with Gasteiger partial charge in [0, 0.05) is 51.0 Å². The quantitative estimate of drug-likeness (QED) is 0.645. The molecule has 0 bridgehead atoms. The molecule has 6 nitrogen and oxygen atoms in total. The Hall–Kier alpha value is -3.17. The van der Waals surface area contributed by atoms with Gasteiger partial charge in [-0.15, -0.1) is 0 Å². The summed E-state index contributed by atoms with van der Waals surface area (Å²) in [6.07, 6.45) is 7.37. The average Bonchev–Trinajstić information content (AvgIpc) is 2.86. The highest BCUT2D eigenvalue weighted by Gasteiger charge is 2.32. The van der Waals surface area contributed by atoms with Crippen molar-refractivity contribution >= 4 is 11.6 Å². The molecule has 1 unspecified atom stereocenters. The van der Waals surface area contributed by atoms with Crippen molar-refractivity contribution in [2.75, 3.05) is 39.8 Å². The molecule has 1 saturated heterocycles. The lowest BCUT2D eigenvalue weighted by molar-refractivity contribution is -0.148. The summed E-state index contributed by atoms with van der Waals surface area (Å²) in [6.45, 7) is 4.39. The molecule has 1 fully saturated rings. The van der Waals surface area contributed by atoms with Crippen molar-refractivity contribution in [2.45, 2.75) is 32.5 Å². The van der Waals surface area contributed by atoms with E-state index in [0.29, 0.717) is 65.1 Å². The van der Waals surface area contributed by atoms with Crippen LogP contribution in [-0.2, 0) is 11.2 Å². The minimum Gasteiger partial charge on any atom is -0.452 e. The molecule has 0 aromatic heterocycles. The molecule has 5 aliphatic rings. The molecule has 2 heterocycles. The molecule has 5 rings (SSSR count). The number of halogens is 3. The van der Waals surface area contributed by atoms with Gasteiger partial charge in [-0.3, -0.25) is 9.69 Å². The molecule has 2 aliphatic heterocycles. The fraction of sp³-hybridized carbons (Fsp3) is 0.407. The van der Waals surface area contributed by atoms with Crippen molar-refractivity contribution in [1.29, 1.82) is 0 Å². The lowest BCUT2D eigenvalue weighted by atomic mass is 9.96. The highest BCUT2D eigenvalue weighted by molar-refractivity contribution is 5.67. The molecule has 0 spiro atoms. The van der Waals surface area contributed by atoms with Gasteiger partial charge in [0.2, 0.25) is 0 Å². The van der Waals surface area contributed by atoms with Crippen LogP contribution in [0.15, 0.2) is 45.3 Å². The van der Waals surface area contributed by atoms with E-state index < -0.39 is 18.8 Å².